The van der Waals surface area contributed by atoms with E-state index in [1.165, 1.54) is 11.6 Å². The summed E-state index contributed by atoms with van der Waals surface area (Å²) in [6.45, 7) is 4.21. The molecule has 0 amide bonds. The highest BCUT2D eigenvalue weighted by molar-refractivity contribution is 5.90. The van der Waals surface area contributed by atoms with E-state index < -0.39 is 5.97 Å². The summed E-state index contributed by atoms with van der Waals surface area (Å²) >= 11 is 0. The molecule has 0 heterocycles. The van der Waals surface area contributed by atoms with Gasteiger partial charge in [-0.3, -0.25) is 0 Å². The summed E-state index contributed by atoms with van der Waals surface area (Å²) in [5.41, 5.74) is 3.24. The number of carbonyl (C=O) groups is 1. The van der Waals surface area contributed by atoms with Gasteiger partial charge >= 0.3 is 5.97 Å². The summed E-state index contributed by atoms with van der Waals surface area (Å²) in [4.78, 5) is 10.8. The lowest BCUT2D eigenvalue weighted by molar-refractivity contribution is -0.131. The molecule has 0 radical (unpaired) electrons. The monoisotopic (exact) mass is 232 g/mol. The van der Waals surface area contributed by atoms with Gasteiger partial charge in [0.2, 0.25) is 0 Å². The summed E-state index contributed by atoms with van der Waals surface area (Å²) in [5, 5.41) is 8.83. The molecule has 1 N–H and O–H groups in total. The maximum atomic E-state index is 10.8. The van der Waals surface area contributed by atoms with E-state index in [-0.39, 0.29) is 0 Å². The van der Waals surface area contributed by atoms with E-state index in [1.807, 2.05) is 12.1 Å². The van der Waals surface area contributed by atoms with Crippen LogP contribution in [0.1, 0.15) is 44.2 Å². The van der Waals surface area contributed by atoms with E-state index >= 15 is 0 Å². The Balaban J connectivity index is 2.91. The van der Waals surface area contributed by atoms with E-state index in [0.29, 0.717) is 0 Å². The first-order chi connectivity index (χ1) is 8.17. The molecular formula is C15H20O2. The van der Waals surface area contributed by atoms with Crippen LogP contribution in [0, 0.1) is 0 Å². The van der Waals surface area contributed by atoms with Crippen molar-refractivity contribution in [3.8, 4) is 0 Å². The maximum Gasteiger partial charge on any atom is 0.328 e. The fourth-order valence-corrected chi connectivity index (χ4v) is 1.89. The molecule has 2 heteroatoms. The fourth-order valence-electron chi connectivity index (χ4n) is 1.89. The Morgan fingerprint density at radius 3 is 2.29 bits per heavy atom. The Morgan fingerprint density at radius 2 is 1.82 bits per heavy atom. The van der Waals surface area contributed by atoms with Gasteiger partial charge in [-0.1, -0.05) is 51.0 Å². The molecule has 1 aromatic carbocycles. The minimum Gasteiger partial charge on any atom is -0.478 e. The molecule has 0 atom stereocenters. The van der Waals surface area contributed by atoms with Crippen LogP contribution in [-0.4, -0.2) is 11.1 Å². The highest BCUT2D eigenvalue weighted by Gasteiger charge is 2.03. The summed E-state index contributed by atoms with van der Waals surface area (Å²) in [6, 6.07) is 8.22. The smallest absolute Gasteiger partial charge is 0.328 e. The first-order valence-corrected chi connectivity index (χ1v) is 6.20. The zero-order valence-corrected chi connectivity index (χ0v) is 10.6. The molecule has 2 nitrogen and oxygen atoms in total. The molecule has 1 rings (SSSR count). The van der Waals surface area contributed by atoms with Gasteiger partial charge in [0.1, 0.15) is 0 Å². The second-order valence-electron chi connectivity index (χ2n) is 4.20. The Hall–Kier alpha value is -1.57. The standard InChI is InChI=1S/C15H20O2/c1-3-5-12-7-9-13(10-8-12)14(6-4-2)11-15(16)17/h7-11H,3-6H2,1-2H3,(H,16,17)/b14-11+. The number of carboxylic acid groups (broad SMARTS) is 1. The van der Waals surface area contributed by atoms with Crippen molar-refractivity contribution in [2.24, 2.45) is 0 Å². The van der Waals surface area contributed by atoms with Crippen LogP contribution >= 0.6 is 0 Å². The lowest BCUT2D eigenvalue weighted by Crippen LogP contribution is -1.93. The molecule has 92 valence electrons. The number of benzene rings is 1. The second kappa shape index (κ2) is 6.89. The Kier molecular flexibility index (Phi) is 5.47. The summed E-state index contributed by atoms with van der Waals surface area (Å²) in [7, 11) is 0. The Morgan fingerprint density at radius 1 is 1.18 bits per heavy atom. The highest BCUT2D eigenvalue weighted by atomic mass is 16.4. The van der Waals surface area contributed by atoms with Gasteiger partial charge in [-0.15, -0.1) is 0 Å². The van der Waals surface area contributed by atoms with Crippen molar-refractivity contribution >= 4 is 11.5 Å². The van der Waals surface area contributed by atoms with E-state index in [2.05, 4.69) is 26.0 Å². The van der Waals surface area contributed by atoms with Gasteiger partial charge < -0.3 is 5.11 Å². The molecule has 0 unspecified atom stereocenters. The van der Waals surface area contributed by atoms with Crippen LogP contribution in [0.25, 0.3) is 5.57 Å². The molecule has 0 aliphatic carbocycles. The number of hydrogen-bond donors (Lipinski definition) is 1. The maximum absolute atomic E-state index is 10.8. The third kappa shape index (κ3) is 4.43. The van der Waals surface area contributed by atoms with E-state index in [9.17, 15) is 4.79 Å². The summed E-state index contributed by atoms with van der Waals surface area (Å²) in [6.07, 6.45) is 5.28. The predicted molar refractivity (Wildman–Crippen MR) is 71.0 cm³/mol. The highest BCUT2D eigenvalue weighted by Crippen LogP contribution is 2.20. The van der Waals surface area contributed by atoms with E-state index in [4.69, 9.17) is 5.11 Å². The van der Waals surface area contributed by atoms with Crippen LogP contribution in [0.15, 0.2) is 30.3 Å². The number of carboxylic acids is 1. The van der Waals surface area contributed by atoms with Crippen LogP contribution in [0.2, 0.25) is 0 Å². The molecule has 0 fully saturated rings. The Labute approximate surface area is 103 Å². The SMILES string of the molecule is CCC/C(=C\C(=O)O)c1ccc(CCC)cc1. The van der Waals surface area contributed by atoms with Crippen LogP contribution in [-0.2, 0) is 11.2 Å². The number of aryl methyl sites for hydroxylation is 1. The van der Waals surface area contributed by atoms with Crippen molar-refractivity contribution in [3.05, 3.63) is 41.5 Å². The first-order valence-electron chi connectivity index (χ1n) is 6.20. The molecule has 17 heavy (non-hydrogen) atoms. The van der Waals surface area contributed by atoms with Crippen molar-refractivity contribution in [2.45, 2.75) is 39.5 Å². The van der Waals surface area contributed by atoms with E-state index in [0.717, 1.165) is 36.8 Å². The lowest BCUT2D eigenvalue weighted by atomic mass is 9.99. The van der Waals surface area contributed by atoms with Crippen LogP contribution in [0.5, 0.6) is 0 Å². The number of rotatable bonds is 6. The molecule has 0 aromatic heterocycles. The molecule has 0 saturated carbocycles. The number of hydrogen-bond acceptors (Lipinski definition) is 1. The normalized spacial score (nSPS) is 11.5. The molecule has 1 aromatic rings. The van der Waals surface area contributed by atoms with Gasteiger partial charge in [-0.2, -0.15) is 0 Å². The largest absolute Gasteiger partial charge is 0.478 e. The summed E-state index contributed by atoms with van der Waals surface area (Å²) in [5.74, 6) is -0.869. The average Bonchev–Trinajstić information content (AvgIpc) is 2.29. The first kappa shape index (κ1) is 13.5. The van der Waals surface area contributed by atoms with Gasteiger partial charge in [0.15, 0.2) is 0 Å². The third-order valence-corrected chi connectivity index (χ3v) is 2.68. The fraction of sp³-hybridized carbons (Fsp3) is 0.400. The molecule has 0 spiro atoms. The number of allylic oxidation sites excluding steroid dienone is 1. The van der Waals surface area contributed by atoms with Gasteiger partial charge in [0.05, 0.1) is 0 Å². The third-order valence-electron chi connectivity index (χ3n) is 2.68. The average molecular weight is 232 g/mol. The van der Waals surface area contributed by atoms with Gasteiger partial charge in [0.25, 0.3) is 0 Å². The van der Waals surface area contributed by atoms with Crippen molar-refractivity contribution in [2.75, 3.05) is 0 Å². The lowest BCUT2D eigenvalue weighted by Gasteiger charge is -2.07. The molecule has 0 saturated heterocycles. The minimum atomic E-state index is -0.869. The van der Waals surface area contributed by atoms with Gasteiger partial charge in [-0.05, 0) is 29.5 Å². The Bertz CT molecular complexity index is 388. The van der Waals surface area contributed by atoms with Crippen LogP contribution in [0.3, 0.4) is 0 Å². The van der Waals surface area contributed by atoms with Crippen molar-refractivity contribution in [1.29, 1.82) is 0 Å². The second-order valence-corrected chi connectivity index (χ2v) is 4.20. The van der Waals surface area contributed by atoms with Gasteiger partial charge in [-0.25, -0.2) is 4.79 Å². The van der Waals surface area contributed by atoms with Crippen molar-refractivity contribution in [3.63, 3.8) is 0 Å². The molecule has 0 aliphatic rings. The topological polar surface area (TPSA) is 37.3 Å². The summed E-state index contributed by atoms with van der Waals surface area (Å²) < 4.78 is 0. The van der Waals surface area contributed by atoms with Crippen LogP contribution in [0.4, 0.5) is 0 Å². The zero-order chi connectivity index (χ0) is 12.7. The van der Waals surface area contributed by atoms with Crippen LogP contribution < -0.4 is 0 Å². The minimum absolute atomic E-state index is 0.805. The molecule has 0 bridgehead atoms. The van der Waals surface area contributed by atoms with Crippen molar-refractivity contribution in [1.82, 2.24) is 0 Å². The van der Waals surface area contributed by atoms with Crippen molar-refractivity contribution < 1.29 is 9.90 Å². The van der Waals surface area contributed by atoms with Gasteiger partial charge in [0, 0.05) is 6.08 Å². The van der Waals surface area contributed by atoms with E-state index in [1.54, 1.807) is 0 Å². The molecular weight excluding hydrogens is 212 g/mol. The predicted octanol–water partition coefficient (Wildman–Crippen LogP) is 3.91. The molecule has 0 aliphatic heterocycles. The number of aliphatic carboxylic acids is 1. The zero-order valence-electron chi connectivity index (χ0n) is 10.6. The quantitative estimate of drug-likeness (QED) is 0.755.